The number of nitrogens with one attached hydrogen (secondary N) is 1. The molecule has 6 heteroatoms. The van der Waals surface area contributed by atoms with Gasteiger partial charge in [0.1, 0.15) is 17.6 Å². The first-order valence-electron chi connectivity index (χ1n) is 6.09. The van der Waals surface area contributed by atoms with Crippen LogP contribution in [-0.4, -0.2) is 30.6 Å². The summed E-state index contributed by atoms with van der Waals surface area (Å²) in [6.45, 7) is 4.61. The highest BCUT2D eigenvalue weighted by Crippen LogP contribution is 2.19. The van der Waals surface area contributed by atoms with Crippen LogP contribution in [0.15, 0.2) is 24.3 Å². The van der Waals surface area contributed by atoms with Crippen LogP contribution < -0.4 is 10.1 Å². The molecule has 0 bridgehead atoms. The number of carbonyl (C=O) groups is 2. The average molecular weight is 283 g/mol. The van der Waals surface area contributed by atoms with E-state index in [1.54, 1.807) is 13.8 Å². The van der Waals surface area contributed by atoms with Crippen molar-refractivity contribution in [3.8, 4) is 5.75 Å². The molecule has 1 unspecified atom stereocenters. The van der Waals surface area contributed by atoms with Gasteiger partial charge in [0.2, 0.25) is 0 Å². The van der Waals surface area contributed by atoms with Gasteiger partial charge >= 0.3 is 5.97 Å². The zero-order valence-electron chi connectivity index (χ0n) is 11.9. The second kappa shape index (κ2) is 6.36. The first kappa shape index (κ1) is 15.9. The Morgan fingerprint density at radius 1 is 1.25 bits per heavy atom. The van der Waals surface area contributed by atoms with Crippen LogP contribution in [0.5, 0.6) is 5.75 Å². The normalized spacial score (nSPS) is 12.4. The van der Waals surface area contributed by atoms with Gasteiger partial charge in [0, 0.05) is 0 Å². The molecule has 0 spiro atoms. The lowest BCUT2D eigenvalue weighted by Crippen LogP contribution is -2.51. The van der Waals surface area contributed by atoms with Gasteiger partial charge in [-0.3, -0.25) is 4.79 Å². The minimum atomic E-state index is -1.21. The minimum absolute atomic E-state index is 0.359. The smallest absolute Gasteiger partial charge is 0.328 e. The van der Waals surface area contributed by atoms with Gasteiger partial charge in [0.15, 0.2) is 5.60 Å². The van der Waals surface area contributed by atoms with E-state index in [1.807, 2.05) is 0 Å². The molecule has 0 heterocycles. The lowest BCUT2D eigenvalue weighted by Gasteiger charge is -2.26. The Balaban J connectivity index is 2.70. The first-order valence-corrected chi connectivity index (χ1v) is 6.09. The van der Waals surface area contributed by atoms with E-state index in [4.69, 9.17) is 4.74 Å². The molecule has 0 aliphatic rings. The Bertz CT molecular complexity index is 484. The van der Waals surface area contributed by atoms with Gasteiger partial charge in [-0.05, 0) is 45.0 Å². The van der Waals surface area contributed by atoms with Crippen molar-refractivity contribution in [3.05, 3.63) is 30.1 Å². The van der Waals surface area contributed by atoms with E-state index in [2.05, 4.69) is 10.1 Å². The van der Waals surface area contributed by atoms with Gasteiger partial charge in [-0.1, -0.05) is 0 Å². The number of hydrogen-bond acceptors (Lipinski definition) is 4. The maximum Gasteiger partial charge on any atom is 0.328 e. The molecule has 1 atom stereocenters. The number of amides is 1. The van der Waals surface area contributed by atoms with Crippen LogP contribution in [0.25, 0.3) is 0 Å². The number of esters is 1. The van der Waals surface area contributed by atoms with E-state index >= 15 is 0 Å². The van der Waals surface area contributed by atoms with Crippen molar-refractivity contribution in [2.75, 3.05) is 7.11 Å². The van der Waals surface area contributed by atoms with E-state index in [0.717, 1.165) is 0 Å². The van der Waals surface area contributed by atoms with Crippen molar-refractivity contribution in [2.24, 2.45) is 0 Å². The minimum Gasteiger partial charge on any atom is -0.478 e. The molecule has 0 radical (unpaired) electrons. The third kappa shape index (κ3) is 4.22. The second-order valence-electron chi connectivity index (χ2n) is 4.78. The fourth-order valence-corrected chi connectivity index (χ4v) is 1.45. The quantitative estimate of drug-likeness (QED) is 0.835. The number of methoxy groups -OCH3 is 1. The Labute approximate surface area is 117 Å². The van der Waals surface area contributed by atoms with Crippen LogP contribution in [0.1, 0.15) is 20.8 Å². The molecule has 20 heavy (non-hydrogen) atoms. The molecule has 5 nitrogen and oxygen atoms in total. The summed E-state index contributed by atoms with van der Waals surface area (Å²) in [6, 6.07) is 4.55. The SMILES string of the molecule is COC(=O)C(C)NC(=O)C(C)(C)Oc1ccc(F)cc1. The lowest BCUT2D eigenvalue weighted by molar-refractivity contribution is -0.146. The molecule has 1 aromatic carbocycles. The highest BCUT2D eigenvalue weighted by molar-refractivity contribution is 5.89. The molecule has 1 N–H and O–H groups in total. The number of hydrogen-bond donors (Lipinski definition) is 1. The Morgan fingerprint density at radius 2 is 1.80 bits per heavy atom. The largest absolute Gasteiger partial charge is 0.478 e. The van der Waals surface area contributed by atoms with Gasteiger partial charge in [0.05, 0.1) is 7.11 Å². The zero-order valence-corrected chi connectivity index (χ0v) is 11.9. The van der Waals surface area contributed by atoms with Crippen molar-refractivity contribution in [2.45, 2.75) is 32.4 Å². The topological polar surface area (TPSA) is 64.6 Å². The number of benzene rings is 1. The molecule has 0 saturated carbocycles. The monoisotopic (exact) mass is 283 g/mol. The summed E-state index contributed by atoms with van der Waals surface area (Å²) in [5, 5.41) is 2.49. The van der Waals surface area contributed by atoms with Crippen molar-refractivity contribution >= 4 is 11.9 Å². The molecule has 0 aromatic heterocycles. The number of rotatable bonds is 5. The summed E-state index contributed by atoms with van der Waals surface area (Å²) in [5.74, 6) is -1.05. The summed E-state index contributed by atoms with van der Waals surface area (Å²) in [6.07, 6.45) is 0. The highest BCUT2D eigenvalue weighted by atomic mass is 19.1. The molecule has 1 amide bonds. The van der Waals surface area contributed by atoms with Gasteiger partial charge in [-0.2, -0.15) is 0 Å². The van der Waals surface area contributed by atoms with E-state index in [9.17, 15) is 14.0 Å². The molecule has 0 aliphatic heterocycles. The predicted octanol–water partition coefficient (Wildman–Crippen LogP) is 1.66. The van der Waals surface area contributed by atoms with Crippen molar-refractivity contribution < 1.29 is 23.5 Å². The van der Waals surface area contributed by atoms with Crippen LogP contribution in [0.4, 0.5) is 4.39 Å². The van der Waals surface area contributed by atoms with Gasteiger partial charge in [-0.25, -0.2) is 9.18 Å². The molecule has 110 valence electrons. The highest BCUT2D eigenvalue weighted by Gasteiger charge is 2.32. The van der Waals surface area contributed by atoms with Crippen molar-refractivity contribution in [3.63, 3.8) is 0 Å². The van der Waals surface area contributed by atoms with Crippen LogP contribution in [-0.2, 0) is 14.3 Å². The van der Waals surface area contributed by atoms with Crippen LogP contribution in [0, 0.1) is 5.82 Å². The third-order valence-electron chi connectivity index (χ3n) is 2.64. The van der Waals surface area contributed by atoms with Crippen LogP contribution in [0.3, 0.4) is 0 Å². The van der Waals surface area contributed by atoms with Gasteiger partial charge in [0.25, 0.3) is 5.91 Å². The Hall–Kier alpha value is -2.11. The average Bonchev–Trinajstić information content (AvgIpc) is 2.40. The van der Waals surface area contributed by atoms with E-state index in [-0.39, 0.29) is 5.82 Å². The summed E-state index contributed by atoms with van der Waals surface area (Å²) in [7, 11) is 1.24. The maximum absolute atomic E-state index is 12.8. The van der Waals surface area contributed by atoms with Gasteiger partial charge in [-0.15, -0.1) is 0 Å². The van der Waals surface area contributed by atoms with Gasteiger partial charge < -0.3 is 14.8 Å². The number of carbonyl (C=O) groups excluding carboxylic acids is 2. The number of halogens is 1. The maximum atomic E-state index is 12.8. The molecule has 0 fully saturated rings. The standard InChI is InChI=1S/C14H18FNO4/c1-9(12(17)19-4)16-13(18)14(2,3)20-11-7-5-10(15)6-8-11/h5-9H,1-4H3,(H,16,18). The summed E-state index contributed by atoms with van der Waals surface area (Å²) in [4.78, 5) is 23.3. The van der Waals surface area contributed by atoms with Crippen molar-refractivity contribution in [1.82, 2.24) is 5.32 Å². The fraction of sp³-hybridized carbons (Fsp3) is 0.429. The molecule has 1 rings (SSSR count). The predicted molar refractivity (Wildman–Crippen MR) is 70.7 cm³/mol. The number of ether oxygens (including phenoxy) is 2. The summed E-state index contributed by atoms with van der Waals surface area (Å²) >= 11 is 0. The molecule has 1 aromatic rings. The molecular weight excluding hydrogens is 265 g/mol. The van der Waals surface area contributed by atoms with E-state index in [1.165, 1.54) is 38.3 Å². The summed E-state index contributed by atoms with van der Waals surface area (Å²) < 4.78 is 22.8. The molecule has 0 aliphatic carbocycles. The third-order valence-corrected chi connectivity index (χ3v) is 2.64. The Kier molecular flexibility index (Phi) is 5.07. The van der Waals surface area contributed by atoms with Crippen LogP contribution in [0.2, 0.25) is 0 Å². The fourth-order valence-electron chi connectivity index (χ4n) is 1.45. The van der Waals surface area contributed by atoms with Crippen molar-refractivity contribution in [1.29, 1.82) is 0 Å². The molecular formula is C14H18FNO4. The lowest BCUT2D eigenvalue weighted by atomic mass is 10.1. The van der Waals surface area contributed by atoms with E-state index in [0.29, 0.717) is 5.75 Å². The first-order chi connectivity index (χ1) is 9.26. The second-order valence-corrected chi connectivity index (χ2v) is 4.78. The van der Waals surface area contributed by atoms with Crippen LogP contribution >= 0.6 is 0 Å². The molecule has 0 saturated heterocycles. The summed E-state index contributed by atoms with van der Waals surface area (Å²) in [5.41, 5.74) is -1.21. The zero-order chi connectivity index (χ0) is 15.3. The Morgan fingerprint density at radius 3 is 2.30 bits per heavy atom. The van der Waals surface area contributed by atoms with E-state index < -0.39 is 23.5 Å².